The van der Waals surface area contributed by atoms with Crippen LogP contribution in [0.2, 0.25) is 0 Å². The molecule has 0 aromatic rings. The highest BCUT2D eigenvalue weighted by Gasteiger charge is 2.39. The van der Waals surface area contributed by atoms with Crippen molar-refractivity contribution in [2.45, 2.75) is 44.1 Å². The normalized spacial score (nSPS) is 33.2. The van der Waals surface area contributed by atoms with Crippen LogP contribution in [-0.2, 0) is 4.79 Å². The number of amides is 1. The second-order valence-electron chi connectivity index (χ2n) is 6.05. The zero-order chi connectivity index (χ0) is 13.9. The molecule has 106 valence electrons. The molecule has 19 heavy (non-hydrogen) atoms. The zero-order valence-electron chi connectivity index (χ0n) is 11.5. The minimum Gasteiger partial charge on any atom is -0.369 e. The molecule has 5 nitrogen and oxygen atoms in total. The van der Waals surface area contributed by atoms with Gasteiger partial charge in [0.05, 0.1) is 6.07 Å². The van der Waals surface area contributed by atoms with Gasteiger partial charge < -0.3 is 16.4 Å². The van der Waals surface area contributed by atoms with Gasteiger partial charge in [0, 0.05) is 5.92 Å². The third-order valence-corrected chi connectivity index (χ3v) is 4.86. The fourth-order valence-corrected chi connectivity index (χ4v) is 3.43. The Kier molecular flexibility index (Phi) is 4.43. The van der Waals surface area contributed by atoms with E-state index in [1.165, 1.54) is 0 Å². The van der Waals surface area contributed by atoms with Gasteiger partial charge in [-0.3, -0.25) is 4.79 Å². The highest BCUT2D eigenvalue weighted by Crippen LogP contribution is 2.35. The third-order valence-electron chi connectivity index (χ3n) is 4.86. The first-order chi connectivity index (χ1) is 9.05. The van der Waals surface area contributed by atoms with Crippen LogP contribution in [0.5, 0.6) is 0 Å². The van der Waals surface area contributed by atoms with Crippen molar-refractivity contribution in [1.82, 2.24) is 4.90 Å². The summed E-state index contributed by atoms with van der Waals surface area (Å²) in [6, 6.07) is 2.30. The topological polar surface area (TPSA) is 96.1 Å². The first kappa shape index (κ1) is 14.3. The quantitative estimate of drug-likeness (QED) is 0.777. The summed E-state index contributed by atoms with van der Waals surface area (Å²) in [6.45, 7) is 2.85. The maximum atomic E-state index is 11.1. The van der Waals surface area contributed by atoms with Gasteiger partial charge in [0.1, 0.15) is 5.54 Å². The summed E-state index contributed by atoms with van der Waals surface area (Å²) in [4.78, 5) is 13.5. The molecule has 2 unspecified atom stereocenters. The van der Waals surface area contributed by atoms with Gasteiger partial charge in [-0.15, -0.1) is 0 Å². The summed E-state index contributed by atoms with van der Waals surface area (Å²) < 4.78 is 0. The van der Waals surface area contributed by atoms with E-state index in [1.807, 2.05) is 0 Å². The molecule has 4 N–H and O–H groups in total. The largest absolute Gasteiger partial charge is 0.369 e. The van der Waals surface area contributed by atoms with Gasteiger partial charge in [-0.25, -0.2) is 0 Å². The maximum Gasteiger partial charge on any atom is 0.220 e. The molecule has 5 heteroatoms. The number of likely N-dealkylation sites (tertiary alicyclic amines) is 1. The molecule has 2 aliphatic rings. The van der Waals surface area contributed by atoms with E-state index in [-0.39, 0.29) is 11.8 Å². The van der Waals surface area contributed by atoms with E-state index in [2.05, 4.69) is 11.0 Å². The molecule has 0 spiro atoms. The Balaban J connectivity index is 1.75. The van der Waals surface area contributed by atoms with Crippen LogP contribution in [0.15, 0.2) is 0 Å². The first-order valence-electron chi connectivity index (χ1n) is 7.27. The van der Waals surface area contributed by atoms with E-state index in [0.717, 1.165) is 58.2 Å². The number of nitrogens with two attached hydrogens (primary N) is 2. The Morgan fingerprint density at radius 2 is 2.05 bits per heavy atom. The van der Waals surface area contributed by atoms with E-state index in [1.54, 1.807) is 0 Å². The van der Waals surface area contributed by atoms with Crippen molar-refractivity contribution in [3.05, 3.63) is 0 Å². The van der Waals surface area contributed by atoms with E-state index < -0.39 is 5.54 Å². The highest BCUT2D eigenvalue weighted by atomic mass is 16.1. The van der Waals surface area contributed by atoms with Crippen LogP contribution in [0.4, 0.5) is 0 Å². The van der Waals surface area contributed by atoms with Crippen LogP contribution >= 0.6 is 0 Å². The van der Waals surface area contributed by atoms with E-state index in [0.29, 0.717) is 5.92 Å². The van der Waals surface area contributed by atoms with E-state index in [9.17, 15) is 10.1 Å². The van der Waals surface area contributed by atoms with Gasteiger partial charge in [0.15, 0.2) is 0 Å². The lowest BCUT2D eigenvalue weighted by Crippen LogP contribution is -2.44. The first-order valence-corrected chi connectivity index (χ1v) is 7.27. The fourth-order valence-electron chi connectivity index (χ4n) is 3.43. The van der Waals surface area contributed by atoms with Crippen molar-refractivity contribution in [1.29, 1.82) is 5.26 Å². The number of carbonyl (C=O) groups excluding carboxylic acids is 1. The molecule has 1 saturated heterocycles. The summed E-state index contributed by atoms with van der Waals surface area (Å²) in [5.74, 6) is 0.211. The molecule has 2 atom stereocenters. The van der Waals surface area contributed by atoms with Gasteiger partial charge in [-0.05, 0) is 57.7 Å². The fraction of sp³-hybridized carbons (Fsp3) is 0.857. The molecule has 0 aromatic heterocycles. The molecular weight excluding hydrogens is 240 g/mol. The zero-order valence-corrected chi connectivity index (χ0v) is 11.5. The number of primary amides is 1. The molecule has 1 aliphatic heterocycles. The second-order valence-corrected chi connectivity index (χ2v) is 6.05. The summed E-state index contributed by atoms with van der Waals surface area (Å²) in [7, 11) is 0. The predicted octanol–water partition coefficient (Wildman–Crippen LogP) is 0.595. The lowest BCUT2D eigenvalue weighted by Gasteiger charge is -2.32. The van der Waals surface area contributed by atoms with Crippen molar-refractivity contribution in [3.8, 4) is 6.07 Å². The Hall–Kier alpha value is -1.12. The predicted molar refractivity (Wildman–Crippen MR) is 72.8 cm³/mol. The third kappa shape index (κ3) is 3.26. The van der Waals surface area contributed by atoms with Crippen LogP contribution in [0.3, 0.4) is 0 Å². The smallest absolute Gasteiger partial charge is 0.220 e. The van der Waals surface area contributed by atoms with Crippen molar-refractivity contribution in [2.24, 2.45) is 23.3 Å². The molecule has 0 aromatic carbocycles. The maximum absolute atomic E-state index is 11.1. The lowest BCUT2D eigenvalue weighted by atomic mass is 9.86. The van der Waals surface area contributed by atoms with Crippen LogP contribution in [0.1, 0.15) is 38.5 Å². The molecule has 0 bridgehead atoms. The number of carbonyl (C=O) groups is 1. The van der Waals surface area contributed by atoms with Gasteiger partial charge in [0.25, 0.3) is 0 Å². The number of hydrogen-bond acceptors (Lipinski definition) is 4. The van der Waals surface area contributed by atoms with Crippen LogP contribution in [0.25, 0.3) is 0 Å². The van der Waals surface area contributed by atoms with Crippen LogP contribution in [-0.4, -0.2) is 36.0 Å². The summed E-state index contributed by atoms with van der Waals surface area (Å²) in [5, 5.41) is 9.19. The summed E-state index contributed by atoms with van der Waals surface area (Å²) in [6.07, 6.45) is 5.70. The SMILES string of the molecule is N#CC1(N)CCCC1CCN1CCC(C(N)=O)CC1. The molecule has 1 heterocycles. The molecule has 2 rings (SSSR count). The minimum atomic E-state index is -0.606. The molecule has 1 amide bonds. The molecular formula is C14H24N4O. The second kappa shape index (κ2) is 5.89. The van der Waals surface area contributed by atoms with E-state index >= 15 is 0 Å². The van der Waals surface area contributed by atoms with Gasteiger partial charge in [-0.1, -0.05) is 6.42 Å². The van der Waals surface area contributed by atoms with Crippen molar-refractivity contribution < 1.29 is 4.79 Å². The standard InChI is InChI=1S/C14H24N4O/c15-10-14(17)6-1-2-12(14)5-9-18-7-3-11(4-8-18)13(16)19/h11-12H,1-9,17H2,(H2,16,19). The van der Waals surface area contributed by atoms with E-state index in [4.69, 9.17) is 11.5 Å². The molecule has 1 saturated carbocycles. The molecule has 2 fully saturated rings. The van der Waals surface area contributed by atoms with Gasteiger partial charge in [0.2, 0.25) is 5.91 Å². The number of piperidine rings is 1. The Morgan fingerprint density at radius 1 is 1.37 bits per heavy atom. The van der Waals surface area contributed by atoms with Crippen LogP contribution < -0.4 is 11.5 Å². The Labute approximate surface area is 114 Å². The van der Waals surface area contributed by atoms with Crippen molar-refractivity contribution in [2.75, 3.05) is 19.6 Å². The number of nitrogens with zero attached hydrogens (tertiary/aromatic N) is 2. The lowest BCUT2D eigenvalue weighted by molar-refractivity contribution is -0.123. The van der Waals surface area contributed by atoms with Crippen molar-refractivity contribution >= 4 is 5.91 Å². The number of nitriles is 1. The van der Waals surface area contributed by atoms with Crippen molar-refractivity contribution in [3.63, 3.8) is 0 Å². The Morgan fingerprint density at radius 3 is 2.63 bits per heavy atom. The Bertz CT molecular complexity index is 370. The number of rotatable bonds is 4. The minimum absolute atomic E-state index is 0.0513. The monoisotopic (exact) mass is 264 g/mol. The molecule has 1 aliphatic carbocycles. The molecule has 0 radical (unpaired) electrons. The van der Waals surface area contributed by atoms with Gasteiger partial charge in [-0.2, -0.15) is 5.26 Å². The summed E-state index contributed by atoms with van der Waals surface area (Å²) >= 11 is 0. The number of hydrogen-bond donors (Lipinski definition) is 2. The summed E-state index contributed by atoms with van der Waals surface area (Å²) in [5.41, 5.74) is 10.9. The van der Waals surface area contributed by atoms with Crippen LogP contribution in [0, 0.1) is 23.2 Å². The highest BCUT2D eigenvalue weighted by molar-refractivity contribution is 5.76. The average Bonchev–Trinajstić information content (AvgIpc) is 2.79. The average molecular weight is 264 g/mol. The van der Waals surface area contributed by atoms with Gasteiger partial charge >= 0.3 is 0 Å².